The van der Waals surface area contributed by atoms with E-state index >= 15 is 0 Å². The molecule has 0 spiro atoms. The highest BCUT2D eigenvalue weighted by Crippen LogP contribution is 2.34. The molecular formula is C25H18Br2N2O4S2. The van der Waals surface area contributed by atoms with Gasteiger partial charge in [-0.15, -0.1) is 0 Å². The molecule has 0 aromatic heterocycles. The molecule has 1 aliphatic heterocycles. The highest BCUT2D eigenvalue weighted by molar-refractivity contribution is 9.10. The highest BCUT2D eigenvalue weighted by atomic mass is 79.9. The molecule has 178 valence electrons. The maximum absolute atomic E-state index is 12.9. The molecule has 3 aromatic carbocycles. The van der Waals surface area contributed by atoms with Crippen molar-refractivity contribution < 1.29 is 19.1 Å². The fraction of sp³-hybridized carbons (Fsp3) is 0.0800. The minimum atomic E-state index is -0.427. The number of rotatable bonds is 7. The van der Waals surface area contributed by atoms with E-state index in [0.29, 0.717) is 28.6 Å². The summed E-state index contributed by atoms with van der Waals surface area (Å²) in [4.78, 5) is 25.8. The van der Waals surface area contributed by atoms with E-state index in [-0.39, 0.29) is 4.32 Å². The predicted molar refractivity (Wildman–Crippen MR) is 148 cm³/mol. The lowest BCUT2D eigenvalue weighted by molar-refractivity contribution is -0.123. The Bertz CT molecular complexity index is 1310. The standard InChI is InChI=1S/C25H18Br2N2O4S2/c1-32-21-12-16(4-11-20(21)33-14-15-2-7-18(26)8-3-15)13-22-24(31)29(25(34)35-22)28-23(30)17-5-9-19(27)10-6-17/h2-13H,14H2,1H3,(H,28,30)/b22-13+. The molecule has 1 saturated heterocycles. The second-order valence-corrected chi connectivity index (χ2v) is 10.8. The van der Waals surface area contributed by atoms with Gasteiger partial charge >= 0.3 is 0 Å². The van der Waals surface area contributed by atoms with Crippen LogP contribution >= 0.6 is 55.8 Å². The van der Waals surface area contributed by atoms with Crippen LogP contribution in [-0.4, -0.2) is 28.3 Å². The highest BCUT2D eigenvalue weighted by Gasteiger charge is 2.33. The number of halogens is 2. The van der Waals surface area contributed by atoms with Crippen molar-refractivity contribution >= 4 is 78.1 Å². The van der Waals surface area contributed by atoms with Crippen molar-refractivity contribution in [2.24, 2.45) is 0 Å². The molecule has 1 aliphatic rings. The number of amides is 2. The second kappa shape index (κ2) is 11.4. The van der Waals surface area contributed by atoms with Gasteiger partial charge in [0.15, 0.2) is 15.8 Å². The number of nitrogens with one attached hydrogen (secondary N) is 1. The quantitative estimate of drug-likeness (QED) is 0.242. The van der Waals surface area contributed by atoms with Crippen LogP contribution in [0.5, 0.6) is 11.5 Å². The van der Waals surface area contributed by atoms with Crippen LogP contribution < -0.4 is 14.9 Å². The number of benzene rings is 3. The van der Waals surface area contributed by atoms with Gasteiger partial charge in [-0.1, -0.05) is 61.8 Å². The van der Waals surface area contributed by atoms with Gasteiger partial charge in [0.05, 0.1) is 12.0 Å². The van der Waals surface area contributed by atoms with Gasteiger partial charge < -0.3 is 9.47 Å². The topological polar surface area (TPSA) is 67.9 Å². The summed E-state index contributed by atoms with van der Waals surface area (Å²) < 4.78 is 13.5. The second-order valence-electron chi connectivity index (χ2n) is 7.29. The summed E-state index contributed by atoms with van der Waals surface area (Å²) in [5.74, 6) is 0.292. The number of hydrogen-bond donors (Lipinski definition) is 1. The third kappa shape index (κ3) is 6.32. The van der Waals surface area contributed by atoms with Crippen LogP contribution in [0, 0.1) is 0 Å². The van der Waals surface area contributed by atoms with Crippen LogP contribution in [0.2, 0.25) is 0 Å². The number of nitrogens with zero attached hydrogens (tertiary/aromatic N) is 1. The van der Waals surface area contributed by atoms with Crippen molar-refractivity contribution in [3.05, 3.63) is 97.3 Å². The summed E-state index contributed by atoms with van der Waals surface area (Å²) in [6.45, 7) is 0.389. The molecule has 0 atom stereocenters. The first kappa shape index (κ1) is 25.4. The van der Waals surface area contributed by atoms with Crippen LogP contribution in [0.15, 0.2) is 80.6 Å². The molecule has 0 saturated carbocycles. The first-order valence-electron chi connectivity index (χ1n) is 10.2. The van der Waals surface area contributed by atoms with Gasteiger partial charge in [-0.2, -0.15) is 5.01 Å². The van der Waals surface area contributed by atoms with Crippen molar-refractivity contribution in [3.63, 3.8) is 0 Å². The van der Waals surface area contributed by atoms with Crippen LogP contribution in [0.1, 0.15) is 21.5 Å². The van der Waals surface area contributed by atoms with Crippen molar-refractivity contribution in [1.82, 2.24) is 10.4 Å². The Hall–Kier alpha value is -2.66. The molecule has 35 heavy (non-hydrogen) atoms. The Kier molecular flexibility index (Phi) is 8.27. The molecule has 1 N–H and O–H groups in total. The summed E-state index contributed by atoms with van der Waals surface area (Å²) in [5, 5.41) is 1.09. The normalized spacial score (nSPS) is 14.4. The lowest BCUT2D eigenvalue weighted by Gasteiger charge is -2.15. The van der Waals surface area contributed by atoms with Crippen molar-refractivity contribution in [2.75, 3.05) is 7.11 Å². The smallest absolute Gasteiger partial charge is 0.285 e. The van der Waals surface area contributed by atoms with Crippen LogP contribution in [0.25, 0.3) is 6.08 Å². The van der Waals surface area contributed by atoms with Crippen molar-refractivity contribution in [2.45, 2.75) is 6.61 Å². The zero-order valence-electron chi connectivity index (χ0n) is 18.3. The van der Waals surface area contributed by atoms with Gasteiger partial charge in [0.25, 0.3) is 11.8 Å². The molecule has 0 aliphatic carbocycles. The molecule has 0 unspecified atom stereocenters. The molecule has 6 nitrogen and oxygen atoms in total. The molecule has 4 rings (SSSR count). The Morgan fingerprint density at radius 2 is 1.69 bits per heavy atom. The number of methoxy groups -OCH3 is 1. The van der Waals surface area contributed by atoms with Gasteiger partial charge in [-0.05, 0) is 78.0 Å². The van der Waals surface area contributed by atoms with Gasteiger partial charge in [0.1, 0.15) is 6.61 Å². The van der Waals surface area contributed by atoms with E-state index in [1.54, 1.807) is 49.6 Å². The molecular weight excluding hydrogens is 616 g/mol. The van der Waals surface area contributed by atoms with Gasteiger partial charge in [0.2, 0.25) is 0 Å². The molecule has 0 bridgehead atoms. The zero-order valence-corrected chi connectivity index (χ0v) is 23.1. The Morgan fingerprint density at radius 3 is 2.34 bits per heavy atom. The van der Waals surface area contributed by atoms with E-state index in [1.165, 1.54) is 0 Å². The van der Waals surface area contributed by atoms with E-state index in [1.807, 2.05) is 30.3 Å². The number of ether oxygens (including phenoxy) is 2. The SMILES string of the molecule is COc1cc(/C=C2/SC(=S)N(NC(=O)c3ccc(Br)cc3)C2=O)ccc1OCc1ccc(Br)cc1. The molecule has 1 fully saturated rings. The average molecular weight is 634 g/mol. The summed E-state index contributed by atoms with van der Waals surface area (Å²) in [7, 11) is 1.56. The van der Waals surface area contributed by atoms with Gasteiger partial charge in [-0.25, -0.2) is 0 Å². The third-order valence-corrected chi connectivity index (χ3v) is 7.27. The first-order chi connectivity index (χ1) is 16.8. The van der Waals surface area contributed by atoms with E-state index < -0.39 is 11.8 Å². The Balaban J connectivity index is 1.46. The number of carbonyl (C=O) groups excluding carboxylic acids is 2. The minimum Gasteiger partial charge on any atom is -0.493 e. The first-order valence-corrected chi connectivity index (χ1v) is 13.0. The molecule has 3 aromatic rings. The number of thioether (sulfide) groups is 1. The van der Waals surface area contributed by atoms with E-state index in [4.69, 9.17) is 21.7 Å². The van der Waals surface area contributed by atoms with Crippen LogP contribution in [-0.2, 0) is 11.4 Å². The lowest BCUT2D eigenvalue weighted by atomic mass is 10.2. The maximum Gasteiger partial charge on any atom is 0.285 e. The molecule has 0 radical (unpaired) electrons. The maximum atomic E-state index is 12.9. The van der Waals surface area contributed by atoms with Crippen molar-refractivity contribution in [3.8, 4) is 11.5 Å². The number of hydrazine groups is 1. The zero-order chi connectivity index (χ0) is 24.9. The summed E-state index contributed by atoms with van der Waals surface area (Å²) in [5.41, 5.74) is 4.74. The van der Waals surface area contributed by atoms with E-state index in [2.05, 4.69) is 37.3 Å². The average Bonchev–Trinajstić information content (AvgIpc) is 3.11. The van der Waals surface area contributed by atoms with Crippen molar-refractivity contribution in [1.29, 1.82) is 0 Å². The van der Waals surface area contributed by atoms with E-state index in [0.717, 1.165) is 36.8 Å². The predicted octanol–water partition coefficient (Wildman–Crippen LogP) is 6.35. The van der Waals surface area contributed by atoms with Gasteiger partial charge in [0, 0.05) is 14.5 Å². The van der Waals surface area contributed by atoms with Crippen LogP contribution in [0.4, 0.5) is 0 Å². The lowest BCUT2D eigenvalue weighted by Crippen LogP contribution is -2.44. The number of thiocarbonyl (C=S) groups is 1. The summed E-state index contributed by atoms with van der Waals surface area (Å²) >= 11 is 13.2. The van der Waals surface area contributed by atoms with Gasteiger partial charge in [-0.3, -0.25) is 15.0 Å². The van der Waals surface area contributed by atoms with Crippen LogP contribution in [0.3, 0.4) is 0 Å². The molecule has 10 heteroatoms. The number of carbonyl (C=O) groups is 2. The summed E-state index contributed by atoms with van der Waals surface area (Å²) in [6, 6.07) is 20.1. The molecule has 2 amide bonds. The molecule has 1 heterocycles. The summed E-state index contributed by atoms with van der Waals surface area (Å²) in [6.07, 6.45) is 1.70. The Labute approximate surface area is 228 Å². The Morgan fingerprint density at radius 1 is 1.03 bits per heavy atom. The monoisotopic (exact) mass is 632 g/mol. The fourth-order valence-corrected chi connectivity index (χ4v) is 4.83. The fourth-order valence-electron chi connectivity index (χ4n) is 3.12. The number of hydrogen-bond acceptors (Lipinski definition) is 6. The minimum absolute atomic E-state index is 0.244. The van der Waals surface area contributed by atoms with E-state index in [9.17, 15) is 9.59 Å². The largest absolute Gasteiger partial charge is 0.493 e. The third-order valence-electron chi connectivity index (χ3n) is 4.91.